The van der Waals surface area contributed by atoms with Crippen molar-refractivity contribution in [1.82, 2.24) is 9.80 Å². The molecule has 7 heteroatoms. The number of primary amides is 1. The lowest BCUT2D eigenvalue weighted by molar-refractivity contribution is -0.130. The van der Waals surface area contributed by atoms with Crippen molar-refractivity contribution in [3.63, 3.8) is 0 Å². The van der Waals surface area contributed by atoms with Gasteiger partial charge >= 0.3 is 0 Å². The maximum atomic E-state index is 11.8. The van der Waals surface area contributed by atoms with Crippen LogP contribution in [-0.4, -0.2) is 60.5 Å². The maximum absolute atomic E-state index is 11.8. The Hall–Kier alpha value is -1.67. The van der Waals surface area contributed by atoms with Crippen LogP contribution >= 0.6 is 0 Å². The Balaban J connectivity index is 2.00. The minimum atomic E-state index is -0.387. The second kappa shape index (κ2) is 6.40. The van der Waals surface area contributed by atoms with E-state index in [4.69, 9.17) is 16.7 Å². The van der Waals surface area contributed by atoms with E-state index >= 15 is 0 Å². The van der Waals surface area contributed by atoms with Crippen molar-refractivity contribution < 1.29 is 4.79 Å². The van der Waals surface area contributed by atoms with Gasteiger partial charge in [0.2, 0.25) is 5.91 Å². The van der Waals surface area contributed by atoms with Crippen LogP contribution in [0.25, 0.3) is 0 Å². The third kappa shape index (κ3) is 3.33. The molecule has 0 spiro atoms. The number of nitrogens with zero attached hydrogens (tertiary/aromatic N) is 4. The van der Waals surface area contributed by atoms with Gasteiger partial charge in [-0.05, 0) is 6.92 Å². The van der Waals surface area contributed by atoms with Gasteiger partial charge in [0.25, 0.3) is 0 Å². The predicted octanol–water partition coefficient (Wildman–Crippen LogP) is -1.29. The normalized spacial score (nSPS) is 29.5. The molecule has 0 aliphatic carbocycles. The molecule has 4 N–H and O–H groups in total. The summed E-state index contributed by atoms with van der Waals surface area (Å²) in [7, 11) is 0. The van der Waals surface area contributed by atoms with Crippen molar-refractivity contribution in [1.29, 1.82) is 10.5 Å². The summed E-state index contributed by atoms with van der Waals surface area (Å²) in [5, 5.41) is 18.0. The topological polar surface area (TPSA) is 123 Å². The molecule has 7 nitrogen and oxygen atoms in total. The van der Waals surface area contributed by atoms with Gasteiger partial charge < -0.3 is 11.5 Å². The highest BCUT2D eigenvalue weighted by Gasteiger charge is 2.47. The summed E-state index contributed by atoms with van der Waals surface area (Å²) in [6.45, 7) is 5.09. The zero-order valence-corrected chi connectivity index (χ0v) is 12.3. The third-order valence-corrected chi connectivity index (χ3v) is 4.33. The van der Waals surface area contributed by atoms with Gasteiger partial charge in [-0.25, -0.2) is 0 Å². The Kier molecular flexibility index (Phi) is 4.79. The van der Waals surface area contributed by atoms with Crippen LogP contribution in [0.1, 0.15) is 6.92 Å². The molecule has 2 aliphatic heterocycles. The van der Waals surface area contributed by atoms with Crippen LogP contribution in [0.15, 0.2) is 0 Å². The van der Waals surface area contributed by atoms with Crippen LogP contribution in [-0.2, 0) is 4.79 Å². The molecule has 4 atom stereocenters. The second-order valence-corrected chi connectivity index (χ2v) is 6.21. The van der Waals surface area contributed by atoms with E-state index in [9.17, 15) is 10.1 Å². The summed E-state index contributed by atoms with van der Waals surface area (Å²) < 4.78 is 0. The first-order valence-corrected chi connectivity index (χ1v) is 7.26. The number of hydrogen-bond donors (Lipinski definition) is 2. The smallest absolute Gasteiger partial charge is 0.223 e. The van der Waals surface area contributed by atoms with E-state index in [0.717, 1.165) is 0 Å². The molecule has 2 unspecified atom stereocenters. The van der Waals surface area contributed by atoms with Gasteiger partial charge in [0, 0.05) is 44.8 Å². The lowest BCUT2D eigenvalue weighted by Crippen LogP contribution is -2.65. The van der Waals surface area contributed by atoms with Crippen LogP contribution in [0.4, 0.5) is 0 Å². The molecule has 21 heavy (non-hydrogen) atoms. The molecule has 2 heterocycles. The SMILES string of the molecule is CC(N)CN1CC(C#N)[C@@H]1[C@@H](CN1CC(C#N)C1)C(N)=O. The van der Waals surface area contributed by atoms with Gasteiger partial charge in [0.1, 0.15) is 0 Å². The van der Waals surface area contributed by atoms with E-state index in [1.807, 2.05) is 6.92 Å². The third-order valence-electron chi connectivity index (χ3n) is 4.33. The molecule has 0 aromatic heterocycles. The van der Waals surface area contributed by atoms with E-state index in [-0.39, 0.29) is 35.7 Å². The minimum absolute atomic E-state index is 0.00681. The summed E-state index contributed by atoms with van der Waals surface area (Å²) in [4.78, 5) is 16.0. The van der Waals surface area contributed by atoms with Crippen LogP contribution in [0.5, 0.6) is 0 Å². The Morgan fingerprint density at radius 1 is 1.29 bits per heavy atom. The van der Waals surface area contributed by atoms with Crippen LogP contribution in [0.3, 0.4) is 0 Å². The van der Waals surface area contributed by atoms with Gasteiger partial charge in [0.15, 0.2) is 0 Å². The van der Waals surface area contributed by atoms with Gasteiger partial charge in [-0.2, -0.15) is 10.5 Å². The van der Waals surface area contributed by atoms with Gasteiger partial charge in [0.05, 0.1) is 29.9 Å². The molecule has 2 fully saturated rings. The molecule has 2 saturated heterocycles. The number of carbonyl (C=O) groups is 1. The predicted molar refractivity (Wildman–Crippen MR) is 76.3 cm³/mol. The Morgan fingerprint density at radius 2 is 1.95 bits per heavy atom. The van der Waals surface area contributed by atoms with Crippen LogP contribution < -0.4 is 11.5 Å². The highest BCUT2D eigenvalue weighted by Crippen LogP contribution is 2.32. The number of hydrogen-bond acceptors (Lipinski definition) is 6. The zero-order chi connectivity index (χ0) is 15.6. The largest absolute Gasteiger partial charge is 0.369 e. The summed E-state index contributed by atoms with van der Waals surface area (Å²) >= 11 is 0. The van der Waals surface area contributed by atoms with Crippen LogP contribution in [0, 0.1) is 40.4 Å². The highest BCUT2D eigenvalue weighted by molar-refractivity contribution is 5.78. The number of rotatable bonds is 6. The molecule has 0 radical (unpaired) electrons. The standard InChI is InChI=1S/C14H22N6O/c1-9(17)4-20-7-11(3-16)13(20)12(14(18)21)8-19-5-10(2-15)6-19/h9-13H,4-8,17H2,1H3,(H2,18,21)/t9?,11?,12-,13-/m1/s1. The van der Waals surface area contributed by atoms with Crippen molar-refractivity contribution in [2.24, 2.45) is 29.2 Å². The Bertz CT molecular complexity index is 473. The van der Waals surface area contributed by atoms with Gasteiger partial charge in [-0.3, -0.25) is 14.6 Å². The van der Waals surface area contributed by atoms with Gasteiger partial charge in [-0.15, -0.1) is 0 Å². The maximum Gasteiger partial charge on any atom is 0.223 e. The van der Waals surface area contributed by atoms with Crippen molar-refractivity contribution in [3.05, 3.63) is 0 Å². The minimum Gasteiger partial charge on any atom is -0.369 e. The molecule has 0 bridgehead atoms. The summed E-state index contributed by atoms with van der Waals surface area (Å²) in [6, 6.07) is 4.31. The molecule has 0 aromatic carbocycles. The van der Waals surface area contributed by atoms with E-state index < -0.39 is 0 Å². The molecular formula is C14H22N6O. The zero-order valence-electron chi connectivity index (χ0n) is 12.3. The molecule has 1 amide bonds. The summed E-state index contributed by atoms with van der Waals surface area (Å²) in [5.41, 5.74) is 11.4. The Morgan fingerprint density at radius 3 is 2.43 bits per heavy atom. The number of carbonyl (C=O) groups excluding carboxylic acids is 1. The molecule has 114 valence electrons. The van der Waals surface area contributed by atoms with E-state index in [1.165, 1.54) is 0 Å². The van der Waals surface area contributed by atoms with Crippen molar-refractivity contribution in [2.75, 3.05) is 32.7 Å². The van der Waals surface area contributed by atoms with Crippen molar-refractivity contribution >= 4 is 5.91 Å². The number of nitriles is 2. The summed E-state index contributed by atoms with van der Waals surface area (Å²) in [5.74, 6) is -0.891. The summed E-state index contributed by atoms with van der Waals surface area (Å²) in [6.07, 6.45) is 0. The average molecular weight is 290 g/mol. The lowest BCUT2D eigenvalue weighted by atomic mass is 9.78. The molecule has 0 saturated carbocycles. The Labute approximate surface area is 125 Å². The molecule has 2 rings (SSSR count). The molecule has 2 aliphatic rings. The first-order valence-electron chi connectivity index (χ1n) is 7.26. The first kappa shape index (κ1) is 15.7. The van der Waals surface area contributed by atoms with Crippen LogP contribution in [0.2, 0.25) is 0 Å². The quantitative estimate of drug-likeness (QED) is 0.627. The van der Waals surface area contributed by atoms with E-state index in [0.29, 0.717) is 32.7 Å². The lowest BCUT2D eigenvalue weighted by Gasteiger charge is -2.50. The molecule has 0 aromatic rings. The average Bonchev–Trinajstić information content (AvgIpc) is 2.35. The fourth-order valence-electron chi connectivity index (χ4n) is 3.26. The second-order valence-electron chi connectivity index (χ2n) is 6.21. The first-order chi connectivity index (χ1) is 9.96. The van der Waals surface area contributed by atoms with Crippen molar-refractivity contribution in [2.45, 2.75) is 19.0 Å². The van der Waals surface area contributed by atoms with Crippen molar-refractivity contribution in [3.8, 4) is 12.1 Å². The number of nitrogens with two attached hydrogens (primary N) is 2. The van der Waals surface area contributed by atoms with Gasteiger partial charge in [-0.1, -0.05) is 0 Å². The number of likely N-dealkylation sites (tertiary alicyclic amines) is 2. The highest BCUT2D eigenvalue weighted by atomic mass is 16.1. The van der Waals surface area contributed by atoms with E-state index in [2.05, 4.69) is 21.9 Å². The van der Waals surface area contributed by atoms with E-state index in [1.54, 1.807) is 0 Å². The number of amides is 1. The monoisotopic (exact) mass is 290 g/mol. The molecular weight excluding hydrogens is 268 g/mol. The fourth-order valence-corrected chi connectivity index (χ4v) is 3.26. The fraction of sp³-hybridized carbons (Fsp3) is 0.786.